The van der Waals surface area contributed by atoms with Crippen molar-refractivity contribution in [2.45, 2.75) is 6.92 Å². The summed E-state index contributed by atoms with van der Waals surface area (Å²) in [6.45, 7) is 2.18. The van der Waals surface area contributed by atoms with Crippen LogP contribution in [0.3, 0.4) is 0 Å². The van der Waals surface area contributed by atoms with Gasteiger partial charge in [0.25, 0.3) is 0 Å². The minimum Gasteiger partial charge on any atom is -0.373 e. The Morgan fingerprint density at radius 3 is 2.38 bits per heavy atom. The van der Waals surface area contributed by atoms with Crippen LogP contribution < -0.4 is 4.90 Å². The third-order valence-electron chi connectivity index (χ3n) is 2.31. The Morgan fingerprint density at radius 1 is 1.25 bits per heavy atom. The molecule has 0 unspecified atom stereocenters. The molecule has 5 heteroatoms. The normalized spacial score (nSPS) is 9.62. The molecule has 0 spiro atoms. The van der Waals surface area contributed by atoms with Gasteiger partial charge < -0.3 is 4.90 Å². The fourth-order valence-corrected chi connectivity index (χ4v) is 1.31. The minimum atomic E-state index is -0.337. The van der Waals surface area contributed by atoms with Crippen LogP contribution >= 0.6 is 0 Å². The number of hydrogen-bond acceptors (Lipinski definition) is 4. The quantitative estimate of drug-likeness (QED) is 0.561. The van der Waals surface area contributed by atoms with E-state index in [-0.39, 0.29) is 5.91 Å². The summed E-state index contributed by atoms with van der Waals surface area (Å²) in [5, 5.41) is 3.58. The van der Waals surface area contributed by atoms with E-state index in [0.717, 1.165) is 10.7 Å². The highest BCUT2D eigenvalue weighted by Gasteiger charge is 2.09. The highest BCUT2D eigenvalue weighted by Crippen LogP contribution is 2.10. The molecule has 1 aromatic rings. The van der Waals surface area contributed by atoms with Crippen molar-refractivity contribution in [3.63, 3.8) is 0 Å². The summed E-state index contributed by atoms with van der Waals surface area (Å²) in [5.41, 5.74) is 1.04. The SMILES string of the molecule is CC(=O)N(CCN(C)c1ccccc1)N=O. The predicted molar refractivity (Wildman–Crippen MR) is 62.9 cm³/mol. The van der Waals surface area contributed by atoms with Crippen LogP contribution in [0.2, 0.25) is 0 Å². The van der Waals surface area contributed by atoms with E-state index in [2.05, 4.69) is 5.29 Å². The van der Waals surface area contributed by atoms with E-state index in [1.54, 1.807) is 0 Å². The zero-order chi connectivity index (χ0) is 12.0. The second-order valence-corrected chi connectivity index (χ2v) is 3.48. The maximum atomic E-state index is 10.9. The molecule has 0 saturated carbocycles. The van der Waals surface area contributed by atoms with E-state index in [9.17, 15) is 9.70 Å². The average molecular weight is 221 g/mol. The van der Waals surface area contributed by atoms with Gasteiger partial charge >= 0.3 is 0 Å². The second-order valence-electron chi connectivity index (χ2n) is 3.48. The lowest BCUT2D eigenvalue weighted by Crippen LogP contribution is -2.32. The van der Waals surface area contributed by atoms with Crippen molar-refractivity contribution in [1.82, 2.24) is 5.01 Å². The van der Waals surface area contributed by atoms with Crippen molar-refractivity contribution >= 4 is 11.6 Å². The van der Waals surface area contributed by atoms with Gasteiger partial charge in [-0.2, -0.15) is 5.01 Å². The number of hydrogen-bond donors (Lipinski definition) is 0. The Bertz CT molecular complexity index is 354. The highest BCUT2D eigenvalue weighted by atomic mass is 16.3. The maximum absolute atomic E-state index is 10.9. The number of para-hydroxylation sites is 1. The van der Waals surface area contributed by atoms with Crippen LogP contribution in [-0.4, -0.2) is 31.1 Å². The number of anilines is 1. The summed E-state index contributed by atoms with van der Waals surface area (Å²) >= 11 is 0. The molecule has 0 fully saturated rings. The van der Waals surface area contributed by atoms with Crippen molar-refractivity contribution in [3.8, 4) is 0 Å². The summed E-state index contributed by atoms with van der Waals surface area (Å²) in [5.74, 6) is -0.337. The number of amides is 1. The van der Waals surface area contributed by atoms with Crippen LogP contribution in [0.5, 0.6) is 0 Å². The molecular weight excluding hydrogens is 206 g/mol. The average Bonchev–Trinajstić information content (AvgIpc) is 2.30. The molecule has 0 N–H and O–H groups in total. The Morgan fingerprint density at radius 2 is 1.88 bits per heavy atom. The van der Waals surface area contributed by atoms with Gasteiger partial charge in [-0.3, -0.25) is 4.79 Å². The third-order valence-corrected chi connectivity index (χ3v) is 2.31. The van der Waals surface area contributed by atoms with Crippen molar-refractivity contribution < 1.29 is 4.79 Å². The van der Waals surface area contributed by atoms with Gasteiger partial charge in [0.2, 0.25) is 5.91 Å². The van der Waals surface area contributed by atoms with E-state index in [0.29, 0.717) is 13.1 Å². The first-order valence-corrected chi connectivity index (χ1v) is 5.02. The molecule has 0 aliphatic carbocycles. The summed E-state index contributed by atoms with van der Waals surface area (Å²) in [7, 11) is 1.90. The molecule has 1 aromatic carbocycles. The molecule has 5 nitrogen and oxygen atoms in total. The minimum absolute atomic E-state index is 0.296. The van der Waals surface area contributed by atoms with Crippen LogP contribution in [0, 0.1) is 4.91 Å². The number of benzene rings is 1. The summed E-state index contributed by atoms with van der Waals surface area (Å²) in [6, 6.07) is 9.74. The van der Waals surface area contributed by atoms with Crippen LogP contribution in [0.15, 0.2) is 35.6 Å². The standard InChI is InChI=1S/C11H15N3O2/c1-10(15)14(12-16)9-8-13(2)11-6-4-3-5-7-11/h3-7H,8-9H2,1-2H3. The number of rotatable bonds is 5. The molecule has 0 radical (unpaired) electrons. The number of carbonyl (C=O) groups excluding carboxylic acids is 1. The lowest BCUT2D eigenvalue weighted by atomic mass is 10.3. The molecule has 86 valence electrons. The topological polar surface area (TPSA) is 53.0 Å². The monoisotopic (exact) mass is 221 g/mol. The van der Waals surface area contributed by atoms with Crippen molar-refractivity contribution in [2.75, 3.05) is 25.0 Å². The maximum Gasteiger partial charge on any atom is 0.242 e. The molecule has 0 heterocycles. The molecule has 16 heavy (non-hydrogen) atoms. The van der Waals surface area contributed by atoms with Gasteiger partial charge in [-0.1, -0.05) is 18.2 Å². The van der Waals surface area contributed by atoms with Gasteiger partial charge in [0, 0.05) is 26.2 Å². The number of likely N-dealkylation sites (N-methyl/N-ethyl adjacent to an activating group) is 1. The van der Waals surface area contributed by atoms with E-state index >= 15 is 0 Å². The molecule has 0 saturated heterocycles. The van der Waals surface area contributed by atoms with E-state index in [1.165, 1.54) is 6.92 Å². The number of nitrogens with zero attached hydrogens (tertiary/aromatic N) is 3. The Hall–Kier alpha value is -1.91. The number of nitroso groups, excluding NO2 is 1. The van der Waals surface area contributed by atoms with Crippen molar-refractivity contribution in [2.24, 2.45) is 5.29 Å². The largest absolute Gasteiger partial charge is 0.373 e. The molecule has 1 rings (SSSR count). The molecule has 0 aliphatic rings. The summed E-state index contributed by atoms with van der Waals surface area (Å²) < 4.78 is 0. The zero-order valence-corrected chi connectivity index (χ0v) is 9.46. The first-order valence-electron chi connectivity index (χ1n) is 5.02. The summed E-state index contributed by atoms with van der Waals surface area (Å²) in [4.78, 5) is 23.2. The van der Waals surface area contributed by atoms with E-state index in [1.807, 2.05) is 42.3 Å². The first-order chi connectivity index (χ1) is 7.65. The second kappa shape index (κ2) is 5.85. The van der Waals surface area contributed by atoms with E-state index in [4.69, 9.17) is 0 Å². The molecular formula is C11H15N3O2. The smallest absolute Gasteiger partial charge is 0.242 e. The molecule has 0 aliphatic heterocycles. The van der Waals surface area contributed by atoms with Gasteiger partial charge in [-0.25, -0.2) is 0 Å². The van der Waals surface area contributed by atoms with Gasteiger partial charge in [0.1, 0.15) is 0 Å². The first kappa shape index (κ1) is 12.2. The van der Waals surface area contributed by atoms with Crippen molar-refractivity contribution in [1.29, 1.82) is 0 Å². The van der Waals surface area contributed by atoms with Gasteiger partial charge in [-0.05, 0) is 12.1 Å². The molecule has 0 aromatic heterocycles. The number of carbonyl (C=O) groups is 1. The van der Waals surface area contributed by atoms with Crippen LogP contribution in [0.25, 0.3) is 0 Å². The molecule has 0 atom stereocenters. The van der Waals surface area contributed by atoms with Gasteiger partial charge in [0.15, 0.2) is 0 Å². The Kier molecular flexibility index (Phi) is 4.44. The van der Waals surface area contributed by atoms with E-state index < -0.39 is 0 Å². The lowest BCUT2D eigenvalue weighted by Gasteiger charge is -2.21. The van der Waals surface area contributed by atoms with Crippen LogP contribution in [-0.2, 0) is 4.79 Å². The van der Waals surface area contributed by atoms with Crippen LogP contribution in [0.1, 0.15) is 6.92 Å². The fourth-order valence-electron chi connectivity index (χ4n) is 1.31. The zero-order valence-electron chi connectivity index (χ0n) is 9.46. The Labute approximate surface area is 94.6 Å². The molecule has 0 bridgehead atoms. The highest BCUT2D eigenvalue weighted by molar-refractivity contribution is 5.72. The fraction of sp³-hybridized carbons (Fsp3) is 0.364. The van der Waals surface area contributed by atoms with Gasteiger partial charge in [-0.15, -0.1) is 4.91 Å². The Balaban J connectivity index is 2.49. The third kappa shape index (κ3) is 3.34. The molecule has 1 amide bonds. The predicted octanol–water partition coefficient (Wildman–Crippen LogP) is 1.65. The van der Waals surface area contributed by atoms with Gasteiger partial charge in [0.05, 0.1) is 11.8 Å². The lowest BCUT2D eigenvalue weighted by molar-refractivity contribution is -0.128. The van der Waals surface area contributed by atoms with Crippen LogP contribution in [0.4, 0.5) is 5.69 Å². The van der Waals surface area contributed by atoms with Crippen molar-refractivity contribution in [3.05, 3.63) is 35.2 Å². The summed E-state index contributed by atoms with van der Waals surface area (Å²) in [6.07, 6.45) is 0.